The van der Waals surface area contributed by atoms with Gasteiger partial charge in [0.15, 0.2) is 11.5 Å². The van der Waals surface area contributed by atoms with E-state index in [0.29, 0.717) is 12.1 Å². The number of oxime groups is 1. The van der Waals surface area contributed by atoms with Crippen molar-refractivity contribution in [3.8, 4) is 11.5 Å². The van der Waals surface area contributed by atoms with E-state index in [1.165, 1.54) is 11.1 Å². The fourth-order valence-corrected chi connectivity index (χ4v) is 4.04. The van der Waals surface area contributed by atoms with Gasteiger partial charge in [-0.1, -0.05) is 17.3 Å². The zero-order chi connectivity index (χ0) is 15.3. The van der Waals surface area contributed by atoms with Crippen LogP contribution in [0.1, 0.15) is 24.0 Å². The van der Waals surface area contributed by atoms with Crippen molar-refractivity contribution in [2.45, 2.75) is 30.9 Å². The Balaban J connectivity index is 1.95. The second-order valence-corrected chi connectivity index (χ2v) is 6.39. The second kappa shape index (κ2) is 4.74. The molecule has 5 nitrogen and oxygen atoms in total. The van der Waals surface area contributed by atoms with Crippen molar-refractivity contribution in [3.63, 3.8) is 0 Å². The van der Waals surface area contributed by atoms with Gasteiger partial charge in [-0.25, -0.2) is 0 Å². The van der Waals surface area contributed by atoms with Crippen LogP contribution in [0.5, 0.6) is 11.5 Å². The molecule has 0 saturated heterocycles. The summed E-state index contributed by atoms with van der Waals surface area (Å²) in [5, 5.41) is 12.5. The Morgan fingerprint density at radius 3 is 3.09 bits per heavy atom. The van der Waals surface area contributed by atoms with Crippen LogP contribution in [0.25, 0.3) is 0 Å². The monoisotopic (exact) mass is 300 g/mol. The zero-order valence-corrected chi connectivity index (χ0v) is 12.9. The van der Waals surface area contributed by atoms with Gasteiger partial charge in [-0.2, -0.15) is 0 Å². The number of hydrogen-bond donors (Lipinski definition) is 1. The molecule has 22 heavy (non-hydrogen) atoms. The van der Waals surface area contributed by atoms with Crippen molar-refractivity contribution in [1.29, 1.82) is 0 Å². The summed E-state index contributed by atoms with van der Waals surface area (Å²) in [7, 11) is 3.83. The SMILES string of the molecule is COc1ccc2c3c1OC1C/C(=N/O)C=C[C@]31CCN(C)C2. The van der Waals surface area contributed by atoms with Crippen LogP contribution in [0, 0.1) is 0 Å². The highest BCUT2D eigenvalue weighted by Crippen LogP contribution is 2.55. The van der Waals surface area contributed by atoms with Gasteiger partial charge in [-0.3, -0.25) is 0 Å². The molecule has 5 heteroatoms. The minimum atomic E-state index is -0.141. The molecular formula is C17H20N2O3. The maximum Gasteiger partial charge on any atom is 0.166 e. The predicted octanol–water partition coefficient (Wildman–Crippen LogP) is 2.32. The van der Waals surface area contributed by atoms with E-state index in [1.54, 1.807) is 7.11 Å². The topological polar surface area (TPSA) is 54.3 Å². The first-order valence-corrected chi connectivity index (χ1v) is 7.63. The minimum Gasteiger partial charge on any atom is -0.493 e. The summed E-state index contributed by atoms with van der Waals surface area (Å²) >= 11 is 0. The summed E-state index contributed by atoms with van der Waals surface area (Å²) in [6, 6.07) is 4.14. The van der Waals surface area contributed by atoms with E-state index in [0.717, 1.165) is 31.0 Å². The van der Waals surface area contributed by atoms with Crippen LogP contribution in [0.2, 0.25) is 0 Å². The molecule has 2 atom stereocenters. The molecule has 0 saturated carbocycles. The second-order valence-electron chi connectivity index (χ2n) is 6.39. The van der Waals surface area contributed by atoms with Crippen LogP contribution in [0.3, 0.4) is 0 Å². The molecule has 1 unspecified atom stereocenters. The van der Waals surface area contributed by atoms with E-state index in [1.807, 2.05) is 12.1 Å². The van der Waals surface area contributed by atoms with Crippen LogP contribution in [-0.4, -0.2) is 42.6 Å². The van der Waals surface area contributed by atoms with E-state index < -0.39 is 0 Å². The Bertz CT molecular complexity index is 683. The number of benzene rings is 1. The third-order valence-corrected chi connectivity index (χ3v) is 5.17. The van der Waals surface area contributed by atoms with Gasteiger partial charge in [0.1, 0.15) is 6.10 Å². The van der Waals surface area contributed by atoms with E-state index in [9.17, 15) is 0 Å². The maximum atomic E-state index is 9.10. The van der Waals surface area contributed by atoms with Gasteiger partial charge in [0.05, 0.1) is 18.2 Å². The molecule has 0 radical (unpaired) electrons. The molecule has 1 aromatic rings. The van der Waals surface area contributed by atoms with Gasteiger partial charge in [0.25, 0.3) is 0 Å². The first kappa shape index (κ1) is 13.6. The average molecular weight is 300 g/mol. The van der Waals surface area contributed by atoms with Gasteiger partial charge < -0.3 is 19.6 Å². The van der Waals surface area contributed by atoms with Crippen LogP contribution in [0.4, 0.5) is 0 Å². The van der Waals surface area contributed by atoms with Gasteiger partial charge >= 0.3 is 0 Å². The number of allylic oxidation sites excluding steroid dienone is 1. The van der Waals surface area contributed by atoms with Crippen molar-refractivity contribution >= 4 is 5.71 Å². The fourth-order valence-electron chi connectivity index (χ4n) is 4.04. The first-order chi connectivity index (χ1) is 10.7. The largest absolute Gasteiger partial charge is 0.493 e. The number of rotatable bonds is 1. The van der Waals surface area contributed by atoms with Crippen molar-refractivity contribution in [1.82, 2.24) is 4.90 Å². The molecule has 2 heterocycles. The number of methoxy groups -OCH3 is 1. The molecule has 0 fully saturated rings. The molecule has 1 aromatic carbocycles. The minimum absolute atomic E-state index is 0.0278. The highest BCUT2D eigenvalue weighted by Gasteiger charge is 2.52. The molecular weight excluding hydrogens is 280 g/mol. The van der Waals surface area contributed by atoms with Crippen molar-refractivity contribution in [2.75, 3.05) is 20.7 Å². The summed E-state index contributed by atoms with van der Waals surface area (Å²) in [6.07, 6.45) is 5.69. The fraction of sp³-hybridized carbons (Fsp3) is 0.471. The molecule has 4 rings (SSSR count). The molecule has 0 amide bonds. The van der Waals surface area contributed by atoms with E-state index in [-0.39, 0.29) is 11.5 Å². The predicted molar refractivity (Wildman–Crippen MR) is 83.0 cm³/mol. The lowest BCUT2D eigenvalue weighted by Crippen LogP contribution is -2.41. The third kappa shape index (κ3) is 1.72. The zero-order valence-electron chi connectivity index (χ0n) is 12.9. The Kier molecular flexibility index (Phi) is 2.94. The number of nitrogens with zero attached hydrogens (tertiary/aromatic N) is 2. The Labute approximate surface area is 129 Å². The van der Waals surface area contributed by atoms with E-state index in [4.69, 9.17) is 14.7 Å². The van der Waals surface area contributed by atoms with Crippen molar-refractivity contribution < 1.29 is 14.7 Å². The van der Waals surface area contributed by atoms with Crippen LogP contribution >= 0.6 is 0 Å². The normalized spacial score (nSPS) is 31.4. The molecule has 3 aliphatic rings. The lowest BCUT2D eigenvalue weighted by Gasteiger charge is -2.34. The Hall–Kier alpha value is -2.01. The lowest BCUT2D eigenvalue weighted by molar-refractivity contribution is 0.156. The molecule has 2 aliphatic heterocycles. The Morgan fingerprint density at radius 1 is 1.45 bits per heavy atom. The van der Waals surface area contributed by atoms with Gasteiger partial charge in [-0.05, 0) is 37.7 Å². The average Bonchev–Trinajstić information content (AvgIpc) is 2.80. The van der Waals surface area contributed by atoms with Gasteiger partial charge in [0, 0.05) is 18.5 Å². The standard InChI is InChI=1S/C17H20N2O3/c1-19-8-7-17-6-5-12(18-20)9-14(17)22-16-13(21-2)4-3-11(10-19)15(16)17/h3-6,14,20H,7-10H2,1-2H3/b18-12+/t14?,17-/m1/s1. The summed E-state index contributed by atoms with van der Waals surface area (Å²) in [4.78, 5) is 2.34. The van der Waals surface area contributed by atoms with Crippen LogP contribution in [-0.2, 0) is 12.0 Å². The highest BCUT2D eigenvalue weighted by molar-refractivity contribution is 5.96. The molecule has 1 aliphatic carbocycles. The quantitative estimate of drug-likeness (QED) is 0.639. The van der Waals surface area contributed by atoms with E-state index >= 15 is 0 Å². The van der Waals surface area contributed by atoms with Crippen molar-refractivity contribution in [3.05, 3.63) is 35.4 Å². The summed E-state index contributed by atoms with van der Waals surface area (Å²) in [5.74, 6) is 1.65. The van der Waals surface area contributed by atoms with Gasteiger partial charge in [0.2, 0.25) is 0 Å². The van der Waals surface area contributed by atoms with Crippen LogP contribution < -0.4 is 9.47 Å². The van der Waals surface area contributed by atoms with Gasteiger partial charge in [-0.15, -0.1) is 0 Å². The highest BCUT2D eigenvalue weighted by atomic mass is 16.5. The third-order valence-electron chi connectivity index (χ3n) is 5.17. The number of hydrogen-bond acceptors (Lipinski definition) is 5. The van der Waals surface area contributed by atoms with Crippen molar-refractivity contribution in [2.24, 2.45) is 5.16 Å². The molecule has 116 valence electrons. The molecule has 1 N–H and O–H groups in total. The maximum absolute atomic E-state index is 9.10. The molecule has 0 bridgehead atoms. The smallest absolute Gasteiger partial charge is 0.166 e. The first-order valence-electron chi connectivity index (χ1n) is 7.63. The summed E-state index contributed by atoms with van der Waals surface area (Å²) in [6.45, 7) is 1.92. The number of ether oxygens (including phenoxy) is 2. The van der Waals surface area contributed by atoms with E-state index in [2.05, 4.69) is 29.2 Å². The molecule has 0 aromatic heterocycles. The Morgan fingerprint density at radius 2 is 2.32 bits per heavy atom. The van der Waals surface area contributed by atoms with Crippen LogP contribution in [0.15, 0.2) is 29.4 Å². The summed E-state index contributed by atoms with van der Waals surface area (Å²) in [5.41, 5.74) is 3.08. The molecule has 1 spiro atoms. The summed E-state index contributed by atoms with van der Waals surface area (Å²) < 4.78 is 11.8. The lowest BCUT2D eigenvalue weighted by atomic mass is 9.69.